The Morgan fingerprint density at radius 3 is 2.87 bits per heavy atom. The van der Waals surface area contributed by atoms with Crippen LogP contribution in [0.2, 0.25) is 0 Å². The Morgan fingerprint density at radius 2 is 2.13 bits per heavy atom. The zero-order valence-corrected chi connectivity index (χ0v) is 13.9. The molecule has 0 saturated carbocycles. The summed E-state index contributed by atoms with van der Waals surface area (Å²) in [6.45, 7) is 2.61. The van der Waals surface area contributed by atoms with Crippen molar-refractivity contribution in [2.45, 2.75) is 32.0 Å². The van der Waals surface area contributed by atoms with E-state index in [0.717, 1.165) is 31.5 Å². The van der Waals surface area contributed by atoms with Crippen LogP contribution in [0.25, 0.3) is 0 Å². The van der Waals surface area contributed by atoms with Crippen LogP contribution in [0.4, 0.5) is 0 Å². The number of aliphatic hydroxyl groups excluding tert-OH is 1. The van der Waals surface area contributed by atoms with Crippen LogP contribution in [-0.4, -0.2) is 35.1 Å². The molecule has 1 atom stereocenters. The molecule has 2 N–H and O–H groups in total. The van der Waals surface area contributed by atoms with Gasteiger partial charge in [-0.3, -0.25) is 9.69 Å². The molecule has 1 saturated heterocycles. The van der Waals surface area contributed by atoms with Gasteiger partial charge in [-0.2, -0.15) is 11.3 Å². The van der Waals surface area contributed by atoms with Gasteiger partial charge in [0.1, 0.15) is 0 Å². The van der Waals surface area contributed by atoms with E-state index in [0.29, 0.717) is 12.1 Å². The summed E-state index contributed by atoms with van der Waals surface area (Å²) in [5.41, 5.74) is 3.07. The molecule has 1 aliphatic rings. The fraction of sp³-hybridized carbons (Fsp3) is 0.389. The first kappa shape index (κ1) is 16.2. The minimum atomic E-state index is -0.0320. The van der Waals surface area contributed by atoms with E-state index in [1.165, 1.54) is 16.9 Å². The van der Waals surface area contributed by atoms with Gasteiger partial charge < -0.3 is 10.4 Å². The second-order valence-corrected chi connectivity index (χ2v) is 6.69. The van der Waals surface area contributed by atoms with Gasteiger partial charge in [-0.25, -0.2) is 0 Å². The average molecular weight is 330 g/mol. The van der Waals surface area contributed by atoms with Crippen molar-refractivity contribution in [1.29, 1.82) is 0 Å². The van der Waals surface area contributed by atoms with Crippen molar-refractivity contribution in [1.82, 2.24) is 10.2 Å². The number of likely N-dealkylation sites (tertiary alicyclic amines) is 1. The smallest absolute Gasteiger partial charge is 0.252 e. The molecule has 0 aliphatic carbocycles. The number of hydrogen-bond donors (Lipinski definition) is 2. The van der Waals surface area contributed by atoms with Crippen LogP contribution < -0.4 is 5.32 Å². The third kappa shape index (κ3) is 3.99. The second-order valence-electron chi connectivity index (χ2n) is 5.91. The Balaban J connectivity index is 1.65. The highest BCUT2D eigenvalue weighted by atomic mass is 32.1. The van der Waals surface area contributed by atoms with E-state index in [-0.39, 0.29) is 18.6 Å². The zero-order valence-electron chi connectivity index (χ0n) is 13.1. The third-order valence-electron chi connectivity index (χ3n) is 4.42. The normalized spacial score (nSPS) is 18.2. The second kappa shape index (κ2) is 7.73. The molecule has 2 aromatic rings. The van der Waals surface area contributed by atoms with E-state index in [2.05, 4.69) is 22.3 Å². The van der Waals surface area contributed by atoms with Gasteiger partial charge >= 0.3 is 0 Å². The maximum absolute atomic E-state index is 12.1. The maximum Gasteiger partial charge on any atom is 0.252 e. The number of aliphatic hydroxyl groups is 1. The lowest BCUT2D eigenvalue weighted by molar-refractivity contribution is 0.0951. The molecule has 1 aliphatic heterocycles. The lowest BCUT2D eigenvalue weighted by Crippen LogP contribution is -2.32. The van der Waals surface area contributed by atoms with Gasteiger partial charge in [0.15, 0.2) is 0 Å². The fourth-order valence-electron chi connectivity index (χ4n) is 3.08. The van der Waals surface area contributed by atoms with Crippen molar-refractivity contribution in [2.24, 2.45) is 0 Å². The van der Waals surface area contributed by atoms with Crippen LogP contribution >= 0.6 is 11.3 Å². The molecule has 0 spiro atoms. The Bertz CT molecular complexity index is 642. The molecule has 0 radical (unpaired) electrons. The van der Waals surface area contributed by atoms with Gasteiger partial charge in [0, 0.05) is 30.1 Å². The summed E-state index contributed by atoms with van der Waals surface area (Å²) < 4.78 is 0. The number of nitrogens with one attached hydrogen (secondary N) is 1. The van der Waals surface area contributed by atoms with Gasteiger partial charge in [-0.1, -0.05) is 24.3 Å². The van der Waals surface area contributed by atoms with Crippen molar-refractivity contribution in [3.05, 3.63) is 57.8 Å². The summed E-state index contributed by atoms with van der Waals surface area (Å²) >= 11 is 1.53. The summed E-state index contributed by atoms with van der Waals surface area (Å²) in [5.74, 6) is -0.0320. The highest BCUT2D eigenvalue weighted by Crippen LogP contribution is 2.21. The molecule has 1 aromatic heterocycles. The summed E-state index contributed by atoms with van der Waals surface area (Å²) in [6.07, 6.45) is 2.20. The quantitative estimate of drug-likeness (QED) is 0.856. The zero-order chi connectivity index (χ0) is 16.1. The monoisotopic (exact) mass is 330 g/mol. The molecule has 122 valence electrons. The van der Waals surface area contributed by atoms with E-state index in [4.69, 9.17) is 0 Å². The number of amides is 1. The number of nitrogens with zero attached hydrogens (tertiary/aromatic N) is 1. The van der Waals surface area contributed by atoms with Gasteiger partial charge in [0.05, 0.1) is 6.61 Å². The first-order chi connectivity index (χ1) is 11.3. The Morgan fingerprint density at radius 1 is 1.30 bits per heavy atom. The predicted octanol–water partition coefficient (Wildman–Crippen LogP) is 2.63. The topological polar surface area (TPSA) is 52.6 Å². The van der Waals surface area contributed by atoms with Crippen molar-refractivity contribution >= 4 is 17.2 Å². The molecule has 23 heavy (non-hydrogen) atoms. The Kier molecular flexibility index (Phi) is 5.43. The van der Waals surface area contributed by atoms with E-state index in [1.54, 1.807) is 0 Å². The number of carbonyl (C=O) groups is 1. The molecular weight excluding hydrogens is 308 g/mol. The minimum absolute atomic E-state index is 0.0320. The standard InChI is InChI=1S/C18H22N2O2S/c21-12-17-6-3-8-20(17)11-15-5-2-1-4-14(15)10-19-18(22)16-7-9-23-13-16/h1-2,4-5,7,9,13,17,21H,3,6,8,10-12H2,(H,19,22)/t17-/m1/s1. The lowest BCUT2D eigenvalue weighted by Gasteiger charge is -2.24. The minimum Gasteiger partial charge on any atom is -0.395 e. The number of benzene rings is 1. The molecule has 0 bridgehead atoms. The van der Waals surface area contributed by atoms with Crippen LogP contribution in [0.5, 0.6) is 0 Å². The number of rotatable bonds is 6. The SMILES string of the molecule is O=C(NCc1ccccc1CN1CCC[C@@H]1CO)c1ccsc1. The molecular formula is C18H22N2O2S. The van der Waals surface area contributed by atoms with E-state index in [9.17, 15) is 9.90 Å². The first-order valence-corrected chi connectivity index (χ1v) is 8.94. The van der Waals surface area contributed by atoms with Crippen molar-refractivity contribution in [3.63, 3.8) is 0 Å². The molecule has 0 unspecified atom stereocenters. The van der Waals surface area contributed by atoms with Gasteiger partial charge in [-0.15, -0.1) is 0 Å². The van der Waals surface area contributed by atoms with Crippen LogP contribution in [0.1, 0.15) is 34.3 Å². The average Bonchev–Trinajstić information content (AvgIpc) is 3.25. The van der Waals surface area contributed by atoms with Crippen LogP contribution in [0, 0.1) is 0 Å². The maximum atomic E-state index is 12.1. The Hall–Kier alpha value is -1.69. The predicted molar refractivity (Wildman–Crippen MR) is 92.4 cm³/mol. The summed E-state index contributed by atoms with van der Waals surface area (Å²) in [5, 5.41) is 16.2. The fourth-order valence-corrected chi connectivity index (χ4v) is 3.72. The van der Waals surface area contributed by atoms with E-state index < -0.39 is 0 Å². The summed E-state index contributed by atoms with van der Waals surface area (Å²) in [7, 11) is 0. The summed E-state index contributed by atoms with van der Waals surface area (Å²) in [4.78, 5) is 14.4. The van der Waals surface area contributed by atoms with E-state index >= 15 is 0 Å². The van der Waals surface area contributed by atoms with Crippen LogP contribution in [0.15, 0.2) is 41.1 Å². The lowest BCUT2D eigenvalue weighted by atomic mass is 10.1. The highest BCUT2D eigenvalue weighted by Gasteiger charge is 2.24. The molecule has 1 amide bonds. The van der Waals surface area contributed by atoms with Gasteiger partial charge in [0.2, 0.25) is 0 Å². The molecule has 4 nitrogen and oxygen atoms in total. The number of hydrogen-bond acceptors (Lipinski definition) is 4. The molecule has 1 fully saturated rings. The van der Waals surface area contributed by atoms with Crippen molar-refractivity contribution < 1.29 is 9.90 Å². The number of carbonyl (C=O) groups excluding carboxylic acids is 1. The van der Waals surface area contributed by atoms with Gasteiger partial charge in [-0.05, 0) is 42.0 Å². The molecule has 2 heterocycles. The molecule has 5 heteroatoms. The largest absolute Gasteiger partial charge is 0.395 e. The third-order valence-corrected chi connectivity index (χ3v) is 5.11. The number of thiophene rings is 1. The van der Waals surface area contributed by atoms with Crippen molar-refractivity contribution in [2.75, 3.05) is 13.2 Å². The van der Waals surface area contributed by atoms with Crippen LogP contribution in [0.3, 0.4) is 0 Å². The molecule has 3 rings (SSSR count). The Labute approximate surface area is 140 Å². The van der Waals surface area contributed by atoms with Crippen molar-refractivity contribution in [3.8, 4) is 0 Å². The van der Waals surface area contributed by atoms with Gasteiger partial charge in [0.25, 0.3) is 5.91 Å². The van der Waals surface area contributed by atoms with E-state index in [1.807, 2.05) is 29.0 Å². The first-order valence-electron chi connectivity index (χ1n) is 8.00. The molecule has 1 aromatic carbocycles. The highest BCUT2D eigenvalue weighted by molar-refractivity contribution is 7.08. The van der Waals surface area contributed by atoms with Crippen LogP contribution in [-0.2, 0) is 13.1 Å². The summed E-state index contributed by atoms with van der Waals surface area (Å²) in [6, 6.07) is 10.3.